The first kappa shape index (κ1) is 48.9. The van der Waals surface area contributed by atoms with Crippen LogP contribution in [0, 0.1) is 11.3 Å². The van der Waals surface area contributed by atoms with E-state index >= 15 is 0 Å². The number of guanidine groups is 2. The summed E-state index contributed by atoms with van der Waals surface area (Å²) in [5.74, 6) is -2.36. The van der Waals surface area contributed by atoms with Gasteiger partial charge < -0.3 is 49.9 Å². The summed E-state index contributed by atoms with van der Waals surface area (Å²) in [6.45, 7) is 6.44. The molecule has 3 atom stereocenters. The van der Waals surface area contributed by atoms with Crippen LogP contribution in [0.15, 0.2) is 46.4 Å². The molecule has 0 spiro atoms. The van der Waals surface area contributed by atoms with Gasteiger partial charge in [0.25, 0.3) is 0 Å². The highest BCUT2D eigenvalue weighted by Crippen LogP contribution is 2.11. The molecule has 0 fully saturated rings. The van der Waals surface area contributed by atoms with E-state index in [2.05, 4.69) is 50.3 Å². The summed E-state index contributed by atoms with van der Waals surface area (Å²) >= 11 is 0. The predicted molar refractivity (Wildman–Crippen MR) is 225 cm³/mol. The van der Waals surface area contributed by atoms with Crippen LogP contribution in [0.4, 0.5) is 0 Å². The zero-order chi connectivity index (χ0) is 41.7. The Morgan fingerprint density at radius 3 is 1.73 bits per heavy atom. The first-order valence-electron chi connectivity index (χ1n) is 20.1. The van der Waals surface area contributed by atoms with Crippen molar-refractivity contribution >= 4 is 41.4 Å². The fourth-order valence-corrected chi connectivity index (χ4v) is 5.80. The third kappa shape index (κ3) is 22.9. The second-order valence-electron chi connectivity index (χ2n) is 14.4. The topological polar surface area (TPSA) is 295 Å². The number of allylic oxidation sites excluding steroid dienone is 2. The van der Waals surface area contributed by atoms with Crippen molar-refractivity contribution in [2.24, 2.45) is 44.6 Å². The lowest BCUT2D eigenvalue weighted by Gasteiger charge is -2.27. The number of unbranched alkanes of at least 4 members (excludes halogenated alkanes) is 8. The minimum atomic E-state index is -1.02. The molecule has 0 heterocycles. The van der Waals surface area contributed by atoms with Gasteiger partial charge in [0.1, 0.15) is 24.0 Å². The Morgan fingerprint density at radius 2 is 1.21 bits per heavy atom. The Kier molecular flexibility index (Phi) is 25.5. The number of nitrogens with one attached hydrogen (secondary N) is 5. The summed E-state index contributed by atoms with van der Waals surface area (Å²) < 4.78 is 0. The molecule has 0 aliphatic heterocycles. The van der Waals surface area contributed by atoms with Crippen LogP contribution >= 0.6 is 0 Å². The van der Waals surface area contributed by atoms with Crippen molar-refractivity contribution in [3.8, 4) is 0 Å². The summed E-state index contributed by atoms with van der Waals surface area (Å²) in [7, 11) is 0. The van der Waals surface area contributed by atoms with Gasteiger partial charge in [0.15, 0.2) is 11.9 Å². The molecule has 16 heteroatoms. The molecule has 16 nitrogen and oxygen atoms in total. The zero-order valence-electron chi connectivity index (χ0n) is 33.9. The molecule has 1 aromatic rings. The van der Waals surface area contributed by atoms with Crippen molar-refractivity contribution in [3.05, 3.63) is 47.5 Å². The predicted octanol–water partition coefficient (Wildman–Crippen LogP) is 2.67. The van der Waals surface area contributed by atoms with Gasteiger partial charge in [-0.3, -0.25) is 34.6 Å². The van der Waals surface area contributed by atoms with E-state index in [0.717, 1.165) is 37.7 Å². The van der Waals surface area contributed by atoms with Crippen LogP contribution in [0.1, 0.15) is 128 Å². The van der Waals surface area contributed by atoms with Gasteiger partial charge in [0.05, 0.1) is 0 Å². The van der Waals surface area contributed by atoms with Crippen molar-refractivity contribution in [2.45, 2.75) is 142 Å². The fraction of sp³-hybridized carbons (Fsp3) is 0.625. The number of benzene rings is 1. The maximum Gasteiger partial charge on any atom is 0.243 e. The van der Waals surface area contributed by atoms with Gasteiger partial charge in [-0.05, 0) is 69.3 Å². The van der Waals surface area contributed by atoms with E-state index in [1.54, 1.807) is 38.1 Å². The summed E-state index contributed by atoms with van der Waals surface area (Å²) in [4.78, 5) is 61.8. The Hall–Kier alpha value is -5.15. The highest BCUT2D eigenvalue weighted by molar-refractivity contribution is 5.95. The summed E-state index contributed by atoms with van der Waals surface area (Å²) in [5.41, 5.74) is 28.7. The first-order chi connectivity index (χ1) is 26.7. The molecular weight excluding hydrogens is 713 g/mol. The second-order valence-corrected chi connectivity index (χ2v) is 14.4. The number of amidine groups is 1. The molecule has 0 saturated heterocycles. The highest BCUT2D eigenvalue weighted by Gasteiger charge is 2.31. The van der Waals surface area contributed by atoms with Crippen molar-refractivity contribution in [2.75, 3.05) is 13.1 Å². The number of rotatable bonds is 30. The van der Waals surface area contributed by atoms with Crippen molar-refractivity contribution in [1.82, 2.24) is 21.3 Å². The minimum Gasteiger partial charge on any atom is -0.384 e. The minimum absolute atomic E-state index is 0.0661. The molecule has 0 unspecified atom stereocenters. The van der Waals surface area contributed by atoms with E-state index in [1.807, 2.05) is 0 Å². The number of amides is 4. The molecule has 0 bridgehead atoms. The van der Waals surface area contributed by atoms with E-state index in [0.29, 0.717) is 24.8 Å². The number of nitrogens with two attached hydrogens (primary N) is 5. The normalized spacial score (nSPS) is 12.6. The summed E-state index contributed by atoms with van der Waals surface area (Å²) in [5, 5.41) is 18.9. The van der Waals surface area contributed by atoms with Gasteiger partial charge in [-0.25, -0.2) is 0 Å². The molecule has 0 aromatic heterocycles. The van der Waals surface area contributed by atoms with Gasteiger partial charge in [0, 0.05) is 31.6 Å². The molecule has 0 radical (unpaired) electrons. The number of carbonyl (C=O) groups is 4. The van der Waals surface area contributed by atoms with Crippen LogP contribution in [0.5, 0.6) is 0 Å². The first-order valence-corrected chi connectivity index (χ1v) is 20.1. The van der Waals surface area contributed by atoms with Crippen molar-refractivity contribution < 1.29 is 19.2 Å². The number of nitrogen functional groups attached to an aromatic ring is 1. The quantitative estimate of drug-likeness (QED) is 0.0237. The Labute approximate surface area is 333 Å². The van der Waals surface area contributed by atoms with Crippen LogP contribution in [0.3, 0.4) is 0 Å². The van der Waals surface area contributed by atoms with Crippen LogP contribution < -0.4 is 49.9 Å². The standard InChI is InChI=1S/C40H70N12O4/c1-4-5-6-7-8-9-10-11-12-13-14-15-20-33(53)50-32(19-17-26-48-40(45)46)37(55)52-34(28(2)3)38(56)51-31(18-16-25-47-39(43)44)36(54)49-27-29-21-23-30(24-22-29)35(41)42/h9-10,21-24,28,31-32,34H,4-8,11-20,25-27H2,1-3H3,(H3,41,42)(H,49,54)(H,50,53)(H,51,56)(H,52,55)(H4,43,44,47)(H4,45,46,48)/b10-9-/t31-,32-,34-/m0/s1. The van der Waals surface area contributed by atoms with Crippen LogP contribution in [-0.2, 0) is 25.7 Å². The molecular formula is C40H70N12O4. The van der Waals surface area contributed by atoms with E-state index in [4.69, 9.17) is 34.1 Å². The maximum atomic E-state index is 13.7. The number of carbonyl (C=O) groups excluding carboxylic acids is 4. The SMILES string of the molecule is CCCCCC/C=C\CCCCCCC(=O)N[C@@H](CCCN=C(N)N)C(=O)N[C@H](C(=O)N[C@@H](CCCN=C(N)N)C(=O)NCc1ccc(C(=N)N)cc1)C(C)C. The Morgan fingerprint density at radius 1 is 0.679 bits per heavy atom. The van der Waals surface area contributed by atoms with E-state index < -0.39 is 35.8 Å². The van der Waals surface area contributed by atoms with E-state index in [1.165, 1.54) is 25.7 Å². The Balaban J connectivity index is 2.90. The molecule has 1 rings (SSSR count). The van der Waals surface area contributed by atoms with Gasteiger partial charge >= 0.3 is 0 Å². The molecule has 15 N–H and O–H groups in total. The molecule has 0 saturated carbocycles. The summed E-state index contributed by atoms with van der Waals surface area (Å²) in [6.07, 6.45) is 16.9. The average molecular weight is 783 g/mol. The lowest BCUT2D eigenvalue weighted by Crippen LogP contribution is -2.58. The van der Waals surface area contributed by atoms with Crippen molar-refractivity contribution in [1.29, 1.82) is 5.41 Å². The third-order valence-electron chi connectivity index (χ3n) is 9.07. The molecule has 0 aliphatic rings. The number of hydrogen-bond donors (Lipinski definition) is 10. The highest BCUT2D eigenvalue weighted by atomic mass is 16.2. The Bertz CT molecular complexity index is 1420. The maximum absolute atomic E-state index is 13.7. The van der Waals surface area contributed by atoms with E-state index in [-0.39, 0.29) is 68.5 Å². The number of hydrogen-bond acceptors (Lipinski definition) is 7. The molecule has 56 heavy (non-hydrogen) atoms. The third-order valence-corrected chi connectivity index (χ3v) is 9.07. The lowest BCUT2D eigenvalue weighted by molar-refractivity contribution is -0.134. The zero-order valence-corrected chi connectivity index (χ0v) is 33.9. The summed E-state index contributed by atoms with van der Waals surface area (Å²) in [6, 6.07) is 3.95. The van der Waals surface area contributed by atoms with Gasteiger partial charge in [-0.2, -0.15) is 0 Å². The van der Waals surface area contributed by atoms with Crippen LogP contribution in [0.2, 0.25) is 0 Å². The van der Waals surface area contributed by atoms with Crippen LogP contribution in [0.25, 0.3) is 0 Å². The molecule has 314 valence electrons. The number of nitrogens with zero attached hydrogens (tertiary/aromatic N) is 2. The monoisotopic (exact) mass is 783 g/mol. The average Bonchev–Trinajstić information content (AvgIpc) is 3.15. The largest absolute Gasteiger partial charge is 0.384 e. The molecule has 4 amide bonds. The van der Waals surface area contributed by atoms with Crippen molar-refractivity contribution in [3.63, 3.8) is 0 Å². The van der Waals surface area contributed by atoms with Gasteiger partial charge in [-0.15, -0.1) is 0 Å². The number of aliphatic imine (C=N–C) groups is 2. The molecule has 1 aromatic carbocycles. The smallest absolute Gasteiger partial charge is 0.243 e. The van der Waals surface area contributed by atoms with E-state index in [9.17, 15) is 19.2 Å². The van der Waals surface area contributed by atoms with Crippen LogP contribution in [-0.4, -0.2) is 72.6 Å². The van der Waals surface area contributed by atoms with Gasteiger partial charge in [-0.1, -0.05) is 89.3 Å². The second kappa shape index (κ2) is 29.2. The lowest BCUT2D eigenvalue weighted by atomic mass is 10.0. The van der Waals surface area contributed by atoms with Gasteiger partial charge in [0.2, 0.25) is 23.6 Å². The molecule has 0 aliphatic carbocycles. The fourth-order valence-electron chi connectivity index (χ4n) is 5.80.